The second-order valence-electron chi connectivity index (χ2n) is 5.55. The molecule has 1 aliphatic heterocycles. The third kappa shape index (κ3) is 4.68. The Kier molecular flexibility index (Phi) is 6.01. The minimum absolute atomic E-state index is 0.0881. The van der Waals surface area contributed by atoms with Gasteiger partial charge in [-0.1, -0.05) is 22.0 Å². The normalized spacial score (nSPS) is 22.0. The topological polar surface area (TPSA) is 76.1 Å². The summed E-state index contributed by atoms with van der Waals surface area (Å²) in [5, 5.41) is 9.02. The monoisotopic (exact) mass is 385 g/mol. The van der Waals surface area contributed by atoms with Gasteiger partial charge in [-0.3, -0.25) is 9.59 Å². The van der Waals surface area contributed by atoms with Gasteiger partial charge in [0.1, 0.15) is 5.75 Å². The van der Waals surface area contributed by atoms with Gasteiger partial charge in [-0.25, -0.2) is 0 Å². The zero-order valence-electron chi connectivity index (χ0n) is 13.1. The van der Waals surface area contributed by atoms with Crippen molar-refractivity contribution in [1.29, 1.82) is 0 Å². The van der Waals surface area contributed by atoms with Crippen LogP contribution in [0.3, 0.4) is 0 Å². The van der Waals surface area contributed by atoms with Crippen LogP contribution in [-0.4, -0.2) is 53.8 Å². The summed E-state index contributed by atoms with van der Waals surface area (Å²) < 4.78 is 11.8. The van der Waals surface area contributed by atoms with Crippen molar-refractivity contribution in [3.8, 4) is 5.75 Å². The van der Waals surface area contributed by atoms with Gasteiger partial charge in [0.2, 0.25) is 0 Å². The van der Waals surface area contributed by atoms with Crippen LogP contribution in [0.25, 0.3) is 0 Å². The molecule has 23 heavy (non-hydrogen) atoms. The number of amides is 1. The lowest BCUT2D eigenvalue weighted by Gasteiger charge is -2.26. The number of nitrogens with zero attached hydrogens (tertiary/aromatic N) is 1. The Labute approximate surface area is 143 Å². The second kappa shape index (κ2) is 7.79. The largest absolute Gasteiger partial charge is 0.481 e. The summed E-state index contributed by atoms with van der Waals surface area (Å²) in [5.41, 5.74) is 0. The molecule has 0 aromatic heterocycles. The molecule has 1 fully saturated rings. The van der Waals surface area contributed by atoms with E-state index in [9.17, 15) is 9.59 Å². The summed E-state index contributed by atoms with van der Waals surface area (Å²) in [6.45, 7) is 2.06. The molecule has 1 heterocycles. The number of benzene rings is 1. The average molecular weight is 386 g/mol. The molecule has 3 atom stereocenters. The molecule has 1 aliphatic rings. The Morgan fingerprint density at radius 2 is 2.22 bits per heavy atom. The first kappa shape index (κ1) is 17.7. The van der Waals surface area contributed by atoms with Crippen LogP contribution in [0.2, 0.25) is 0 Å². The lowest BCUT2D eigenvalue weighted by atomic mass is 10.1. The quantitative estimate of drug-likeness (QED) is 0.812. The molecule has 1 amide bonds. The Hall–Kier alpha value is -1.60. The van der Waals surface area contributed by atoms with Gasteiger partial charge in [-0.2, -0.15) is 0 Å². The molecule has 1 saturated heterocycles. The van der Waals surface area contributed by atoms with E-state index in [1.165, 1.54) is 0 Å². The van der Waals surface area contributed by atoms with Crippen molar-refractivity contribution in [3.05, 3.63) is 28.7 Å². The molecule has 0 spiro atoms. The van der Waals surface area contributed by atoms with E-state index in [2.05, 4.69) is 15.9 Å². The predicted molar refractivity (Wildman–Crippen MR) is 87.4 cm³/mol. The molecule has 1 aromatic carbocycles. The number of carboxylic acid groups (broad SMARTS) is 1. The lowest BCUT2D eigenvalue weighted by Crippen LogP contribution is -2.44. The SMILES string of the molecule is COC1CC(CC(=O)O)N(C(=O)C(C)Oc2cccc(Br)c2)C1. The van der Waals surface area contributed by atoms with Gasteiger partial charge in [-0.05, 0) is 31.5 Å². The lowest BCUT2D eigenvalue weighted by molar-refractivity contribution is -0.142. The minimum Gasteiger partial charge on any atom is -0.481 e. The van der Waals surface area contributed by atoms with Crippen LogP contribution in [0.1, 0.15) is 19.8 Å². The van der Waals surface area contributed by atoms with Gasteiger partial charge >= 0.3 is 5.97 Å². The highest BCUT2D eigenvalue weighted by molar-refractivity contribution is 9.10. The zero-order chi connectivity index (χ0) is 17.0. The van der Waals surface area contributed by atoms with Gasteiger partial charge < -0.3 is 19.5 Å². The zero-order valence-corrected chi connectivity index (χ0v) is 14.7. The molecular weight excluding hydrogens is 366 g/mol. The molecule has 0 saturated carbocycles. The van der Waals surface area contributed by atoms with Crippen molar-refractivity contribution in [1.82, 2.24) is 4.90 Å². The maximum absolute atomic E-state index is 12.6. The third-order valence-corrected chi connectivity index (χ3v) is 4.35. The van der Waals surface area contributed by atoms with Crippen LogP contribution in [-0.2, 0) is 14.3 Å². The highest BCUT2D eigenvalue weighted by Crippen LogP contribution is 2.25. The van der Waals surface area contributed by atoms with Gasteiger partial charge in [0.15, 0.2) is 6.10 Å². The van der Waals surface area contributed by atoms with E-state index < -0.39 is 12.1 Å². The number of methoxy groups -OCH3 is 1. The second-order valence-corrected chi connectivity index (χ2v) is 6.47. The van der Waals surface area contributed by atoms with Crippen LogP contribution >= 0.6 is 15.9 Å². The van der Waals surface area contributed by atoms with Crippen molar-refractivity contribution in [2.75, 3.05) is 13.7 Å². The van der Waals surface area contributed by atoms with Gasteiger partial charge in [0, 0.05) is 24.2 Å². The molecule has 1 N–H and O–H groups in total. The Morgan fingerprint density at radius 1 is 1.48 bits per heavy atom. The first-order valence-electron chi connectivity index (χ1n) is 7.38. The Balaban J connectivity index is 2.05. The molecule has 126 valence electrons. The molecule has 0 bridgehead atoms. The fourth-order valence-corrected chi connectivity index (χ4v) is 3.12. The highest BCUT2D eigenvalue weighted by Gasteiger charge is 2.38. The molecular formula is C16H20BrNO5. The summed E-state index contributed by atoms with van der Waals surface area (Å²) in [4.78, 5) is 25.2. The molecule has 0 aliphatic carbocycles. The summed E-state index contributed by atoms with van der Waals surface area (Å²) >= 11 is 3.35. The fraction of sp³-hybridized carbons (Fsp3) is 0.500. The highest BCUT2D eigenvalue weighted by atomic mass is 79.9. The van der Waals surface area contributed by atoms with E-state index in [1.807, 2.05) is 12.1 Å². The van der Waals surface area contributed by atoms with Crippen LogP contribution < -0.4 is 4.74 Å². The van der Waals surface area contributed by atoms with E-state index >= 15 is 0 Å². The summed E-state index contributed by atoms with van der Waals surface area (Å²) in [6.07, 6.45) is -0.398. The van der Waals surface area contributed by atoms with E-state index in [0.717, 1.165) is 4.47 Å². The maximum Gasteiger partial charge on any atom is 0.305 e. The standard InChI is InChI=1S/C16H20BrNO5/c1-10(23-13-5-3-4-11(17)6-13)16(21)18-9-14(22-2)7-12(18)8-15(19)20/h3-6,10,12,14H,7-9H2,1-2H3,(H,19,20). The molecule has 3 unspecified atom stereocenters. The molecule has 2 rings (SSSR count). The van der Waals surface area contributed by atoms with Gasteiger partial charge in [0.25, 0.3) is 5.91 Å². The van der Waals surface area contributed by atoms with Crippen molar-refractivity contribution in [2.24, 2.45) is 0 Å². The first-order valence-corrected chi connectivity index (χ1v) is 8.17. The maximum atomic E-state index is 12.6. The predicted octanol–water partition coefficient (Wildman–Crippen LogP) is 2.31. The van der Waals surface area contributed by atoms with Crippen LogP contribution in [0.15, 0.2) is 28.7 Å². The number of halogens is 1. The van der Waals surface area contributed by atoms with Gasteiger partial charge in [-0.15, -0.1) is 0 Å². The number of carbonyl (C=O) groups is 2. The smallest absolute Gasteiger partial charge is 0.305 e. The van der Waals surface area contributed by atoms with E-state index in [4.69, 9.17) is 14.6 Å². The Bertz CT molecular complexity index is 579. The minimum atomic E-state index is -0.926. The van der Waals surface area contributed by atoms with Gasteiger partial charge in [0.05, 0.1) is 12.5 Å². The number of carbonyl (C=O) groups excluding carboxylic acids is 1. The van der Waals surface area contributed by atoms with E-state index in [1.54, 1.807) is 31.1 Å². The first-order chi connectivity index (χ1) is 10.9. The van der Waals surface area contributed by atoms with Crippen LogP contribution in [0.5, 0.6) is 5.75 Å². The van der Waals surface area contributed by atoms with Crippen LogP contribution in [0.4, 0.5) is 0 Å². The molecule has 0 radical (unpaired) electrons. The molecule has 1 aromatic rings. The van der Waals surface area contributed by atoms with Crippen molar-refractivity contribution >= 4 is 27.8 Å². The van der Waals surface area contributed by atoms with E-state index in [-0.39, 0.29) is 24.5 Å². The summed E-state index contributed by atoms with van der Waals surface area (Å²) in [5.74, 6) is -0.571. The molecule has 7 heteroatoms. The van der Waals surface area contributed by atoms with Crippen molar-refractivity contribution in [3.63, 3.8) is 0 Å². The van der Waals surface area contributed by atoms with Crippen molar-refractivity contribution in [2.45, 2.75) is 38.0 Å². The number of hydrogen-bond donors (Lipinski definition) is 1. The summed E-state index contributed by atoms with van der Waals surface area (Å²) in [7, 11) is 1.57. The van der Waals surface area contributed by atoms with Crippen molar-refractivity contribution < 1.29 is 24.2 Å². The number of carboxylic acids is 1. The fourth-order valence-electron chi connectivity index (χ4n) is 2.74. The number of ether oxygens (including phenoxy) is 2. The average Bonchev–Trinajstić information content (AvgIpc) is 2.88. The number of likely N-dealkylation sites (tertiary alicyclic amines) is 1. The number of hydrogen-bond acceptors (Lipinski definition) is 4. The Morgan fingerprint density at radius 3 is 2.83 bits per heavy atom. The third-order valence-electron chi connectivity index (χ3n) is 3.86. The molecule has 6 nitrogen and oxygen atoms in total. The number of aliphatic carboxylic acids is 1. The van der Waals surface area contributed by atoms with Crippen LogP contribution in [0, 0.1) is 0 Å². The number of rotatable bonds is 6. The van der Waals surface area contributed by atoms with E-state index in [0.29, 0.717) is 18.7 Å². The summed E-state index contributed by atoms with van der Waals surface area (Å²) in [6, 6.07) is 6.87.